The van der Waals surface area contributed by atoms with Crippen LogP contribution in [0.25, 0.3) is 11.4 Å². The summed E-state index contributed by atoms with van der Waals surface area (Å²) in [6, 6.07) is 7.61. The Labute approximate surface area is 154 Å². The molecule has 140 valence electrons. The second-order valence-electron chi connectivity index (χ2n) is 6.82. The van der Waals surface area contributed by atoms with Gasteiger partial charge in [-0.15, -0.1) is 0 Å². The number of carbonyl (C=O) groups excluding carboxylic acids is 1. The number of likely N-dealkylation sites (tertiary alicyclic amines) is 1. The third-order valence-electron chi connectivity index (χ3n) is 4.89. The lowest BCUT2D eigenvalue weighted by atomic mass is 9.97. The fourth-order valence-corrected chi connectivity index (χ4v) is 3.37. The number of unbranched alkanes of at least 4 members (excludes halogenated alkanes) is 2. The number of hydrogen-bond donors (Lipinski definition) is 0. The van der Waals surface area contributed by atoms with Gasteiger partial charge in [0.05, 0.1) is 13.0 Å². The number of amides is 1. The highest BCUT2D eigenvalue weighted by atomic mass is 16.5. The van der Waals surface area contributed by atoms with Crippen LogP contribution in [0.3, 0.4) is 0 Å². The lowest BCUT2D eigenvalue weighted by Gasteiger charge is -2.31. The number of methoxy groups -OCH3 is 1. The molecule has 2 heterocycles. The molecule has 1 aliphatic rings. The van der Waals surface area contributed by atoms with Crippen molar-refractivity contribution in [1.82, 2.24) is 15.0 Å². The van der Waals surface area contributed by atoms with Crippen molar-refractivity contribution < 1.29 is 14.1 Å². The van der Waals surface area contributed by atoms with Gasteiger partial charge in [-0.25, -0.2) is 0 Å². The predicted octanol–water partition coefficient (Wildman–Crippen LogP) is 4.03. The third kappa shape index (κ3) is 4.42. The van der Waals surface area contributed by atoms with Gasteiger partial charge in [0.1, 0.15) is 5.75 Å². The van der Waals surface area contributed by atoms with E-state index in [1.54, 1.807) is 7.11 Å². The molecule has 0 bridgehead atoms. The average molecular weight is 357 g/mol. The van der Waals surface area contributed by atoms with E-state index < -0.39 is 0 Å². The number of hydrogen-bond acceptors (Lipinski definition) is 5. The highest BCUT2D eigenvalue weighted by molar-refractivity contribution is 5.76. The van der Waals surface area contributed by atoms with Crippen molar-refractivity contribution in [3.63, 3.8) is 0 Å². The van der Waals surface area contributed by atoms with Crippen molar-refractivity contribution in [3.8, 4) is 17.1 Å². The van der Waals surface area contributed by atoms with Crippen molar-refractivity contribution in [2.45, 2.75) is 51.4 Å². The van der Waals surface area contributed by atoms with Crippen LogP contribution in [-0.4, -0.2) is 41.1 Å². The lowest BCUT2D eigenvalue weighted by molar-refractivity contribution is -0.132. The van der Waals surface area contributed by atoms with Gasteiger partial charge in [0, 0.05) is 25.1 Å². The molecule has 26 heavy (non-hydrogen) atoms. The largest absolute Gasteiger partial charge is 0.497 e. The summed E-state index contributed by atoms with van der Waals surface area (Å²) in [6.45, 7) is 3.65. The molecule has 0 N–H and O–H groups in total. The van der Waals surface area contributed by atoms with Gasteiger partial charge in [-0.2, -0.15) is 4.98 Å². The van der Waals surface area contributed by atoms with E-state index in [-0.39, 0.29) is 11.8 Å². The van der Waals surface area contributed by atoms with E-state index in [4.69, 9.17) is 9.26 Å². The van der Waals surface area contributed by atoms with Gasteiger partial charge in [0.2, 0.25) is 17.6 Å². The van der Waals surface area contributed by atoms with Gasteiger partial charge in [0.15, 0.2) is 0 Å². The maximum absolute atomic E-state index is 12.4. The molecule has 1 fully saturated rings. The molecule has 1 aliphatic heterocycles. The summed E-state index contributed by atoms with van der Waals surface area (Å²) in [4.78, 5) is 18.9. The molecule has 3 rings (SSSR count). The van der Waals surface area contributed by atoms with Crippen LogP contribution in [-0.2, 0) is 4.79 Å². The van der Waals surface area contributed by atoms with Crippen molar-refractivity contribution in [2.24, 2.45) is 0 Å². The van der Waals surface area contributed by atoms with E-state index in [1.807, 2.05) is 29.2 Å². The first-order valence-corrected chi connectivity index (χ1v) is 9.47. The Bertz CT molecular complexity index is 729. The topological polar surface area (TPSA) is 68.5 Å². The van der Waals surface area contributed by atoms with Crippen LogP contribution in [0.5, 0.6) is 5.75 Å². The summed E-state index contributed by atoms with van der Waals surface area (Å²) < 4.78 is 10.8. The second-order valence-corrected chi connectivity index (χ2v) is 6.82. The fraction of sp³-hybridized carbons (Fsp3) is 0.550. The van der Waals surface area contributed by atoms with E-state index in [1.165, 1.54) is 0 Å². The molecular weight excluding hydrogens is 330 g/mol. The molecule has 6 heteroatoms. The molecule has 0 saturated carbocycles. The zero-order valence-corrected chi connectivity index (χ0v) is 15.6. The van der Waals surface area contributed by atoms with Gasteiger partial charge < -0.3 is 14.2 Å². The summed E-state index contributed by atoms with van der Waals surface area (Å²) in [5.74, 6) is 2.30. The van der Waals surface area contributed by atoms with Crippen molar-refractivity contribution >= 4 is 5.91 Å². The van der Waals surface area contributed by atoms with Crippen molar-refractivity contribution in [2.75, 3.05) is 20.2 Å². The minimum absolute atomic E-state index is 0.116. The first kappa shape index (κ1) is 18.4. The zero-order valence-electron chi connectivity index (χ0n) is 15.6. The standard InChI is InChI=1S/C20H27N3O3/c1-3-4-5-11-18(24)23-12-7-9-16(14-23)20-21-19(22-26-20)15-8-6-10-17(13-15)25-2/h6,8,10,13,16H,3-5,7,9,11-12,14H2,1-2H3/t16-/m1/s1. The Morgan fingerprint density at radius 2 is 2.27 bits per heavy atom. The minimum Gasteiger partial charge on any atom is -0.497 e. The smallest absolute Gasteiger partial charge is 0.231 e. The Morgan fingerprint density at radius 1 is 1.38 bits per heavy atom. The maximum Gasteiger partial charge on any atom is 0.231 e. The van der Waals surface area contributed by atoms with Crippen LogP contribution in [0.4, 0.5) is 0 Å². The molecule has 2 aromatic rings. The molecule has 1 atom stereocenters. The summed E-state index contributed by atoms with van der Waals surface area (Å²) in [5.41, 5.74) is 0.864. The minimum atomic E-state index is 0.116. The molecule has 0 spiro atoms. The van der Waals surface area contributed by atoms with Crippen LogP contribution < -0.4 is 4.74 Å². The molecule has 0 unspecified atom stereocenters. The average Bonchev–Trinajstić information content (AvgIpc) is 3.18. The molecular formula is C20H27N3O3. The number of rotatable bonds is 7. The predicted molar refractivity (Wildman–Crippen MR) is 99.0 cm³/mol. The normalized spacial score (nSPS) is 17.3. The summed E-state index contributed by atoms with van der Waals surface area (Å²) >= 11 is 0. The number of aromatic nitrogens is 2. The molecule has 1 aromatic heterocycles. The van der Waals surface area contributed by atoms with Gasteiger partial charge in [0.25, 0.3) is 0 Å². The molecule has 0 aliphatic carbocycles. The fourth-order valence-electron chi connectivity index (χ4n) is 3.37. The zero-order chi connectivity index (χ0) is 18.4. The molecule has 6 nitrogen and oxygen atoms in total. The number of benzene rings is 1. The molecule has 1 amide bonds. The van der Waals surface area contributed by atoms with Crippen LogP contribution in [0.2, 0.25) is 0 Å². The molecule has 1 aromatic carbocycles. The van der Waals surface area contributed by atoms with E-state index >= 15 is 0 Å². The highest BCUT2D eigenvalue weighted by Gasteiger charge is 2.28. The summed E-state index contributed by atoms with van der Waals surface area (Å²) in [5, 5.41) is 4.12. The van der Waals surface area contributed by atoms with Crippen molar-refractivity contribution in [3.05, 3.63) is 30.2 Å². The first-order valence-electron chi connectivity index (χ1n) is 9.47. The van der Waals surface area contributed by atoms with Gasteiger partial charge in [-0.1, -0.05) is 37.1 Å². The van der Waals surface area contributed by atoms with Crippen LogP contribution in [0.1, 0.15) is 57.3 Å². The van der Waals surface area contributed by atoms with Crippen LogP contribution in [0, 0.1) is 0 Å². The van der Waals surface area contributed by atoms with Gasteiger partial charge in [-0.05, 0) is 31.4 Å². The van der Waals surface area contributed by atoms with E-state index in [0.29, 0.717) is 24.7 Å². The van der Waals surface area contributed by atoms with E-state index in [9.17, 15) is 4.79 Å². The summed E-state index contributed by atoms with van der Waals surface area (Å²) in [6.07, 6.45) is 5.79. The number of nitrogens with zero attached hydrogens (tertiary/aromatic N) is 3. The summed E-state index contributed by atoms with van der Waals surface area (Å²) in [7, 11) is 1.63. The quantitative estimate of drug-likeness (QED) is 0.700. The number of piperidine rings is 1. The first-order chi connectivity index (χ1) is 12.7. The Morgan fingerprint density at radius 3 is 3.08 bits per heavy atom. The maximum atomic E-state index is 12.4. The number of ether oxygens (including phenoxy) is 1. The Balaban J connectivity index is 1.65. The third-order valence-corrected chi connectivity index (χ3v) is 4.89. The van der Waals surface area contributed by atoms with E-state index in [0.717, 1.165) is 50.0 Å². The highest BCUT2D eigenvalue weighted by Crippen LogP contribution is 2.29. The SMILES string of the molecule is CCCCCC(=O)N1CCC[C@@H](c2nc(-c3cccc(OC)c3)no2)C1. The lowest BCUT2D eigenvalue weighted by Crippen LogP contribution is -2.39. The Hall–Kier alpha value is -2.37. The van der Waals surface area contributed by atoms with E-state index in [2.05, 4.69) is 17.1 Å². The monoisotopic (exact) mass is 357 g/mol. The molecule has 0 radical (unpaired) electrons. The van der Waals surface area contributed by atoms with Gasteiger partial charge >= 0.3 is 0 Å². The van der Waals surface area contributed by atoms with Crippen molar-refractivity contribution in [1.29, 1.82) is 0 Å². The number of carbonyl (C=O) groups is 1. The molecule has 1 saturated heterocycles. The van der Waals surface area contributed by atoms with Gasteiger partial charge in [-0.3, -0.25) is 4.79 Å². The van der Waals surface area contributed by atoms with Crippen LogP contribution in [0.15, 0.2) is 28.8 Å². The van der Waals surface area contributed by atoms with Crippen LogP contribution >= 0.6 is 0 Å². The Kier molecular flexibility index (Phi) is 6.26. The second kappa shape index (κ2) is 8.83.